The summed E-state index contributed by atoms with van der Waals surface area (Å²) in [6, 6.07) is 0. The van der Waals surface area contributed by atoms with Crippen LogP contribution >= 0.6 is 0 Å². The number of hydrogen-bond donors (Lipinski definition) is 1. The average molecular weight is 226 g/mol. The minimum absolute atomic E-state index is 0.176. The van der Waals surface area contributed by atoms with Crippen LogP contribution in [-0.4, -0.2) is 11.1 Å². The van der Waals surface area contributed by atoms with Crippen molar-refractivity contribution >= 4 is 5.97 Å². The second-order valence-corrected chi connectivity index (χ2v) is 3.93. The number of allylic oxidation sites excluding steroid dienone is 1. The largest absolute Gasteiger partial charge is 0.478 e. The highest BCUT2D eigenvalue weighted by molar-refractivity contribution is 5.84. The average Bonchev–Trinajstić information content (AvgIpc) is 2.24. The number of unbranched alkanes of at least 4 members (excludes halogenated alkanes) is 6. The molecule has 16 heavy (non-hydrogen) atoms. The molecule has 0 heterocycles. The number of carboxylic acid groups (broad SMARTS) is 1. The quantitative estimate of drug-likeness (QED) is 0.374. The number of rotatable bonds is 8. The molecule has 2 nitrogen and oxygen atoms in total. The Labute approximate surface area is 100 Å². The molecule has 0 saturated heterocycles. The highest BCUT2D eigenvalue weighted by Crippen LogP contribution is 2.06. The summed E-state index contributed by atoms with van der Waals surface area (Å²) < 4.78 is 0. The van der Waals surface area contributed by atoms with Gasteiger partial charge in [0.05, 0.1) is 0 Å². The predicted octanol–water partition coefficient (Wildman–Crippen LogP) is 4.57. The zero-order valence-electron chi connectivity index (χ0n) is 10.8. The Kier molecular flexibility index (Phi) is 15.1. The smallest absolute Gasteiger partial charge is 0.330 e. The van der Waals surface area contributed by atoms with Gasteiger partial charge >= 0.3 is 5.97 Å². The van der Waals surface area contributed by atoms with Crippen molar-refractivity contribution < 1.29 is 9.90 Å². The van der Waals surface area contributed by atoms with Gasteiger partial charge in [0.15, 0.2) is 0 Å². The highest BCUT2D eigenvalue weighted by Gasteiger charge is 1.90. The Hall–Kier alpha value is -1.05. The number of carbonyl (C=O) groups is 1. The lowest BCUT2D eigenvalue weighted by Crippen LogP contribution is -1.92. The molecule has 0 aliphatic rings. The van der Waals surface area contributed by atoms with Crippen molar-refractivity contribution in [3.8, 4) is 0 Å². The third kappa shape index (κ3) is 18.7. The maximum Gasteiger partial charge on any atom is 0.330 e. The van der Waals surface area contributed by atoms with Gasteiger partial charge in [-0.25, -0.2) is 4.79 Å². The Balaban J connectivity index is 0. The molecule has 0 unspecified atom stereocenters. The second kappa shape index (κ2) is 13.9. The third-order valence-electron chi connectivity index (χ3n) is 2.13. The molecule has 0 atom stereocenters. The molecule has 0 spiro atoms. The molecule has 0 aliphatic heterocycles. The molecule has 0 aromatic carbocycles. The van der Waals surface area contributed by atoms with E-state index < -0.39 is 5.97 Å². The fourth-order valence-corrected chi connectivity index (χ4v) is 1.07. The first-order valence-corrected chi connectivity index (χ1v) is 6.05. The Morgan fingerprint density at radius 1 is 1.19 bits per heavy atom. The summed E-state index contributed by atoms with van der Waals surface area (Å²) >= 11 is 0. The van der Waals surface area contributed by atoms with Gasteiger partial charge in [-0.1, -0.05) is 51.7 Å². The molecular formula is C14H26O2. The van der Waals surface area contributed by atoms with Gasteiger partial charge in [0, 0.05) is 5.57 Å². The maximum absolute atomic E-state index is 9.60. The standard InChI is InChI=1S/C10H20.C4H6O2/c1-3-5-7-9-10-8-6-4-2;1-3(2)4(5)6/h3H,1,4-10H2,2H3;1H2,2H3,(H,5,6). The van der Waals surface area contributed by atoms with Crippen LogP contribution in [0.5, 0.6) is 0 Å². The van der Waals surface area contributed by atoms with Gasteiger partial charge < -0.3 is 5.11 Å². The first-order valence-electron chi connectivity index (χ1n) is 6.05. The zero-order valence-corrected chi connectivity index (χ0v) is 10.8. The van der Waals surface area contributed by atoms with Crippen molar-refractivity contribution in [2.45, 2.75) is 58.8 Å². The van der Waals surface area contributed by atoms with Crippen molar-refractivity contribution in [2.75, 3.05) is 0 Å². The molecule has 0 saturated carbocycles. The van der Waals surface area contributed by atoms with E-state index in [0.29, 0.717) is 0 Å². The highest BCUT2D eigenvalue weighted by atomic mass is 16.4. The lowest BCUT2D eigenvalue weighted by atomic mass is 10.1. The fraction of sp³-hybridized carbons (Fsp3) is 0.643. The SMILES string of the molecule is C=C(C)C(=O)O.C=CCCCCCCCC. The molecule has 0 aromatic heterocycles. The van der Waals surface area contributed by atoms with Crippen molar-refractivity contribution in [1.82, 2.24) is 0 Å². The first-order chi connectivity index (χ1) is 7.56. The van der Waals surface area contributed by atoms with Gasteiger partial charge in [-0.15, -0.1) is 6.58 Å². The number of carboxylic acids is 1. The van der Waals surface area contributed by atoms with E-state index in [0.717, 1.165) is 0 Å². The van der Waals surface area contributed by atoms with Crippen LogP contribution in [0.1, 0.15) is 58.8 Å². The Morgan fingerprint density at radius 3 is 2.00 bits per heavy atom. The van der Waals surface area contributed by atoms with Crippen LogP contribution in [0.15, 0.2) is 24.8 Å². The van der Waals surface area contributed by atoms with Gasteiger partial charge in [-0.05, 0) is 19.8 Å². The van der Waals surface area contributed by atoms with Crippen molar-refractivity contribution in [1.29, 1.82) is 0 Å². The fourth-order valence-electron chi connectivity index (χ4n) is 1.07. The third-order valence-corrected chi connectivity index (χ3v) is 2.13. The van der Waals surface area contributed by atoms with Gasteiger partial charge in [0.2, 0.25) is 0 Å². The van der Waals surface area contributed by atoms with Crippen molar-refractivity contribution in [2.24, 2.45) is 0 Å². The molecule has 0 bridgehead atoms. The van der Waals surface area contributed by atoms with E-state index in [1.807, 2.05) is 6.08 Å². The number of aliphatic carboxylic acids is 1. The topological polar surface area (TPSA) is 37.3 Å². The molecule has 0 radical (unpaired) electrons. The van der Waals surface area contributed by atoms with E-state index >= 15 is 0 Å². The normalized spacial score (nSPS) is 8.88. The predicted molar refractivity (Wildman–Crippen MR) is 70.6 cm³/mol. The molecule has 1 N–H and O–H groups in total. The molecule has 2 heteroatoms. The van der Waals surface area contributed by atoms with Crippen molar-refractivity contribution in [3.63, 3.8) is 0 Å². The van der Waals surface area contributed by atoms with Gasteiger partial charge in [0.25, 0.3) is 0 Å². The lowest BCUT2D eigenvalue weighted by molar-refractivity contribution is -0.132. The van der Waals surface area contributed by atoms with Crippen LogP contribution < -0.4 is 0 Å². The van der Waals surface area contributed by atoms with Crippen LogP contribution in [0, 0.1) is 0 Å². The van der Waals surface area contributed by atoms with Crippen LogP contribution in [0.3, 0.4) is 0 Å². The van der Waals surface area contributed by atoms with E-state index in [2.05, 4.69) is 20.1 Å². The molecular weight excluding hydrogens is 200 g/mol. The summed E-state index contributed by atoms with van der Waals surface area (Å²) in [5.74, 6) is -0.935. The Bertz CT molecular complexity index is 183. The molecule has 0 amide bonds. The monoisotopic (exact) mass is 226 g/mol. The minimum Gasteiger partial charge on any atom is -0.478 e. The van der Waals surface area contributed by atoms with Crippen molar-refractivity contribution in [3.05, 3.63) is 24.8 Å². The molecule has 0 aromatic rings. The maximum atomic E-state index is 9.60. The Morgan fingerprint density at radius 2 is 1.62 bits per heavy atom. The van der Waals surface area contributed by atoms with Crippen LogP contribution in [0.25, 0.3) is 0 Å². The van der Waals surface area contributed by atoms with Crippen LogP contribution in [0.4, 0.5) is 0 Å². The summed E-state index contributed by atoms with van der Waals surface area (Å²) in [7, 11) is 0. The molecule has 0 fully saturated rings. The van der Waals surface area contributed by atoms with E-state index in [1.54, 1.807) is 0 Å². The van der Waals surface area contributed by atoms with Gasteiger partial charge in [0.1, 0.15) is 0 Å². The summed E-state index contributed by atoms with van der Waals surface area (Å²) in [5, 5.41) is 7.89. The van der Waals surface area contributed by atoms with Crippen LogP contribution in [-0.2, 0) is 4.79 Å². The second-order valence-electron chi connectivity index (χ2n) is 3.93. The van der Waals surface area contributed by atoms with E-state index in [-0.39, 0.29) is 5.57 Å². The van der Waals surface area contributed by atoms with Crippen LogP contribution in [0.2, 0.25) is 0 Å². The summed E-state index contributed by atoms with van der Waals surface area (Å²) in [6.07, 6.45) is 11.6. The molecule has 94 valence electrons. The van der Waals surface area contributed by atoms with Gasteiger partial charge in [-0.2, -0.15) is 0 Å². The van der Waals surface area contributed by atoms with E-state index in [4.69, 9.17) is 5.11 Å². The first kappa shape index (κ1) is 17.3. The lowest BCUT2D eigenvalue weighted by Gasteiger charge is -1.96. The number of hydrogen-bond acceptors (Lipinski definition) is 1. The zero-order chi connectivity index (χ0) is 12.8. The summed E-state index contributed by atoms with van der Waals surface area (Å²) in [6.45, 7) is 10.6. The summed E-state index contributed by atoms with van der Waals surface area (Å²) in [5.41, 5.74) is 0.176. The summed E-state index contributed by atoms with van der Waals surface area (Å²) in [4.78, 5) is 9.60. The van der Waals surface area contributed by atoms with Gasteiger partial charge in [-0.3, -0.25) is 0 Å². The minimum atomic E-state index is -0.935. The molecule has 0 rings (SSSR count). The molecule has 0 aliphatic carbocycles. The van der Waals surface area contributed by atoms with E-state index in [9.17, 15) is 4.79 Å². The van der Waals surface area contributed by atoms with E-state index in [1.165, 1.54) is 51.9 Å².